The number of nitriles is 1. The molecular weight excluding hydrogens is 421 g/mol. The normalized spacial score (nSPS) is 17.1. The van der Waals surface area contributed by atoms with Crippen molar-refractivity contribution in [2.45, 2.75) is 13.0 Å². The van der Waals surface area contributed by atoms with E-state index in [2.05, 4.69) is 20.9 Å². The molecule has 0 bridgehead atoms. The number of rotatable bonds is 4. The van der Waals surface area contributed by atoms with Crippen LogP contribution in [0.3, 0.4) is 0 Å². The van der Waals surface area contributed by atoms with Crippen LogP contribution in [0.25, 0.3) is 22.0 Å². The molecule has 0 saturated carbocycles. The fourth-order valence-corrected chi connectivity index (χ4v) is 4.17. The number of piperazine rings is 1. The number of anilines is 1. The van der Waals surface area contributed by atoms with Crippen molar-refractivity contribution < 1.29 is 4.79 Å². The number of benzene rings is 2. The topological polar surface area (TPSA) is 73.1 Å². The van der Waals surface area contributed by atoms with Gasteiger partial charge in [0.2, 0.25) is 0 Å². The quantitative estimate of drug-likeness (QED) is 0.606. The summed E-state index contributed by atoms with van der Waals surface area (Å²) in [6.45, 7) is 3.57. The number of halogens is 2. The highest BCUT2D eigenvalue weighted by atomic mass is 35.5. The highest BCUT2D eigenvalue weighted by Gasteiger charge is 2.29. The molecule has 2 heterocycles. The highest BCUT2D eigenvalue weighted by Crippen LogP contribution is 2.35. The second-order valence-corrected chi connectivity index (χ2v) is 8.16. The maximum atomic E-state index is 11.5. The van der Waals surface area contributed by atoms with E-state index in [0.29, 0.717) is 29.7 Å². The zero-order valence-corrected chi connectivity index (χ0v) is 17.9. The predicted octanol–water partition coefficient (Wildman–Crippen LogP) is 4.21. The van der Waals surface area contributed by atoms with E-state index in [-0.39, 0.29) is 18.4 Å². The van der Waals surface area contributed by atoms with Gasteiger partial charge in [0, 0.05) is 35.6 Å². The van der Waals surface area contributed by atoms with E-state index in [0.717, 1.165) is 27.8 Å². The molecule has 0 N–H and O–H groups in total. The molecule has 8 heteroatoms. The van der Waals surface area contributed by atoms with E-state index in [9.17, 15) is 10.1 Å². The Morgan fingerprint density at radius 3 is 2.67 bits per heavy atom. The molecule has 0 aliphatic carbocycles. The number of hydrogen-bond donors (Lipinski definition) is 0. The third-order valence-electron chi connectivity index (χ3n) is 5.22. The largest absolute Gasteiger partial charge is 0.352 e. The van der Waals surface area contributed by atoms with E-state index >= 15 is 0 Å². The molecule has 6 nitrogen and oxygen atoms in total. The van der Waals surface area contributed by atoms with Crippen molar-refractivity contribution in [1.29, 1.82) is 5.26 Å². The third-order valence-corrected chi connectivity index (χ3v) is 5.79. The summed E-state index contributed by atoms with van der Waals surface area (Å²) in [5, 5.41) is 11.7. The molecule has 1 atom stereocenters. The maximum Gasteiger partial charge on any atom is 0.143 e. The first-order valence-corrected chi connectivity index (χ1v) is 10.3. The minimum atomic E-state index is -0.379. The smallest absolute Gasteiger partial charge is 0.143 e. The molecule has 2 aromatic carbocycles. The zero-order valence-electron chi connectivity index (χ0n) is 16.3. The first kappa shape index (κ1) is 20.5. The first-order chi connectivity index (χ1) is 14.5. The molecule has 1 saturated heterocycles. The lowest BCUT2D eigenvalue weighted by Crippen LogP contribution is -2.54. The molecular formula is C22H19Cl2N5O. The number of ketones is 1. The van der Waals surface area contributed by atoms with E-state index in [4.69, 9.17) is 23.2 Å². The summed E-state index contributed by atoms with van der Waals surface area (Å²) in [5.74, 6) is 0.813. The molecule has 1 aliphatic heterocycles. The van der Waals surface area contributed by atoms with Gasteiger partial charge >= 0.3 is 0 Å². The van der Waals surface area contributed by atoms with Gasteiger partial charge in [-0.3, -0.25) is 9.69 Å². The lowest BCUT2D eigenvalue weighted by Gasteiger charge is -2.38. The van der Waals surface area contributed by atoms with Gasteiger partial charge < -0.3 is 4.90 Å². The Hall–Kier alpha value is -2.72. The molecule has 30 heavy (non-hydrogen) atoms. The lowest BCUT2D eigenvalue weighted by atomic mass is 10.0. The van der Waals surface area contributed by atoms with Crippen molar-refractivity contribution in [2.75, 3.05) is 31.1 Å². The first-order valence-electron chi connectivity index (χ1n) is 9.54. The number of Topliss-reactive ketones (excluding diaryl/α,β-unsaturated/α-hetero) is 1. The molecule has 0 amide bonds. The summed E-state index contributed by atoms with van der Waals surface area (Å²) >= 11 is 12.6. The van der Waals surface area contributed by atoms with Gasteiger partial charge in [-0.2, -0.15) is 5.26 Å². The minimum Gasteiger partial charge on any atom is -0.352 e. The van der Waals surface area contributed by atoms with E-state index < -0.39 is 0 Å². The summed E-state index contributed by atoms with van der Waals surface area (Å²) in [6, 6.07) is 13.2. The van der Waals surface area contributed by atoms with Gasteiger partial charge in [-0.25, -0.2) is 9.97 Å². The van der Waals surface area contributed by atoms with Crippen molar-refractivity contribution in [3.05, 3.63) is 52.8 Å². The molecule has 1 fully saturated rings. The highest BCUT2D eigenvalue weighted by molar-refractivity contribution is 6.34. The standard InChI is InChI=1S/C22H19Cl2N5O/c1-14(30)11-28-6-7-29(12-17(28)10-25)22-19-8-18(15-2-4-16(23)5-3-15)20(24)9-21(19)26-13-27-22/h2-5,8-9,13,17H,6-7,11-12H2,1H3. The van der Waals surface area contributed by atoms with Gasteiger partial charge in [-0.1, -0.05) is 35.3 Å². The Kier molecular flexibility index (Phi) is 5.87. The van der Waals surface area contributed by atoms with Gasteiger partial charge in [0.05, 0.1) is 23.2 Å². The Bertz CT molecular complexity index is 1140. The Morgan fingerprint density at radius 1 is 1.20 bits per heavy atom. The maximum absolute atomic E-state index is 11.5. The van der Waals surface area contributed by atoms with E-state index in [1.807, 2.05) is 41.3 Å². The van der Waals surface area contributed by atoms with Crippen molar-refractivity contribution in [3.63, 3.8) is 0 Å². The van der Waals surface area contributed by atoms with Crippen molar-refractivity contribution in [2.24, 2.45) is 0 Å². The van der Waals surface area contributed by atoms with E-state index in [1.165, 1.54) is 6.33 Å². The SMILES string of the molecule is CC(=O)CN1CCN(c2ncnc3cc(Cl)c(-c4ccc(Cl)cc4)cc23)CC1C#N. The summed E-state index contributed by atoms with van der Waals surface area (Å²) in [7, 11) is 0. The van der Waals surface area contributed by atoms with Gasteiger partial charge in [0.15, 0.2) is 0 Å². The van der Waals surface area contributed by atoms with Crippen LogP contribution in [0.5, 0.6) is 0 Å². The Labute approximate surface area is 184 Å². The van der Waals surface area contributed by atoms with Crippen molar-refractivity contribution in [1.82, 2.24) is 14.9 Å². The fraction of sp³-hybridized carbons (Fsp3) is 0.273. The van der Waals surface area contributed by atoms with Crippen LogP contribution in [0, 0.1) is 11.3 Å². The second kappa shape index (κ2) is 8.57. The summed E-state index contributed by atoms with van der Waals surface area (Å²) in [6.07, 6.45) is 1.51. The molecule has 152 valence electrons. The van der Waals surface area contributed by atoms with Crippen LogP contribution in [0.15, 0.2) is 42.7 Å². The number of nitrogens with zero attached hydrogens (tertiary/aromatic N) is 5. The molecule has 1 unspecified atom stereocenters. The van der Waals surface area contributed by atoms with Crippen LogP contribution in [0.1, 0.15) is 6.92 Å². The fourth-order valence-electron chi connectivity index (χ4n) is 3.78. The van der Waals surface area contributed by atoms with Crippen LogP contribution in [0.4, 0.5) is 5.82 Å². The van der Waals surface area contributed by atoms with Crippen LogP contribution in [0.2, 0.25) is 10.0 Å². The number of carbonyl (C=O) groups excluding carboxylic acids is 1. The molecule has 0 radical (unpaired) electrons. The second-order valence-electron chi connectivity index (χ2n) is 7.32. The summed E-state index contributed by atoms with van der Waals surface area (Å²) in [5.41, 5.74) is 2.55. The Balaban J connectivity index is 1.73. The third kappa shape index (κ3) is 4.10. The van der Waals surface area contributed by atoms with Gasteiger partial charge in [-0.15, -0.1) is 0 Å². The molecule has 3 aromatic rings. The predicted molar refractivity (Wildman–Crippen MR) is 119 cm³/mol. The van der Waals surface area contributed by atoms with Crippen molar-refractivity contribution in [3.8, 4) is 17.2 Å². The van der Waals surface area contributed by atoms with Crippen LogP contribution >= 0.6 is 23.2 Å². The monoisotopic (exact) mass is 439 g/mol. The summed E-state index contributed by atoms with van der Waals surface area (Å²) in [4.78, 5) is 24.4. The molecule has 1 aromatic heterocycles. The van der Waals surface area contributed by atoms with Crippen LogP contribution in [-0.2, 0) is 4.79 Å². The van der Waals surface area contributed by atoms with Crippen LogP contribution < -0.4 is 4.90 Å². The number of fused-ring (bicyclic) bond motifs is 1. The molecule has 0 spiro atoms. The minimum absolute atomic E-state index is 0.0541. The summed E-state index contributed by atoms with van der Waals surface area (Å²) < 4.78 is 0. The average molecular weight is 440 g/mol. The van der Waals surface area contributed by atoms with E-state index in [1.54, 1.807) is 6.92 Å². The van der Waals surface area contributed by atoms with Gasteiger partial charge in [-0.05, 0) is 36.8 Å². The lowest BCUT2D eigenvalue weighted by molar-refractivity contribution is -0.118. The average Bonchev–Trinajstić information content (AvgIpc) is 2.73. The molecule has 1 aliphatic rings. The number of aromatic nitrogens is 2. The number of carbonyl (C=O) groups is 1. The van der Waals surface area contributed by atoms with Crippen molar-refractivity contribution >= 4 is 45.7 Å². The van der Waals surface area contributed by atoms with Crippen LogP contribution in [-0.4, -0.2) is 52.9 Å². The molecule has 4 rings (SSSR count). The zero-order chi connectivity index (χ0) is 21.3. The number of hydrogen-bond acceptors (Lipinski definition) is 6. The Morgan fingerprint density at radius 2 is 1.97 bits per heavy atom. The van der Waals surface area contributed by atoms with Gasteiger partial charge in [0.1, 0.15) is 24.0 Å². The van der Waals surface area contributed by atoms with Gasteiger partial charge in [0.25, 0.3) is 0 Å².